The van der Waals surface area contributed by atoms with Gasteiger partial charge in [-0.15, -0.1) is 0 Å². The molecular formula is C20H19NO3. The van der Waals surface area contributed by atoms with Gasteiger partial charge in [-0.1, -0.05) is 42.5 Å². The monoisotopic (exact) mass is 321 g/mol. The third kappa shape index (κ3) is 3.73. The lowest BCUT2D eigenvalue weighted by Crippen LogP contribution is -2.17. The first-order valence-electron chi connectivity index (χ1n) is 7.84. The van der Waals surface area contributed by atoms with Gasteiger partial charge in [0.2, 0.25) is 0 Å². The summed E-state index contributed by atoms with van der Waals surface area (Å²) in [7, 11) is 0. The van der Waals surface area contributed by atoms with Gasteiger partial charge < -0.3 is 14.8 Å². The van der Waals surface area contributed by atoms with Crippen LogP contribution in [-0.4, -0.2) is 11.1 Å². The van der Waals surface area contributed by atoms with E-state index in [1.54, 1.807) is 18.2 Å². The topological polar surface area (TPSA) is 62.5 Å². The van der Waals surface area contributed by atoms with Crippen LogP contribution in [0.2, 0.25) is 0 Å². The first-order valence-corrected chi connectivity index (χ1v) is 7.84. The number of nitrogens with one attached hydrogen (secondary N) is 1. The molecule has 0 spiro atoms. The normalized spacial score (nSPS) is 12.0. The summed E-state index contributed by atoms with van der Waals surface area (Å²) in [5.74, 6) is 0.540. The van der Waals surface area contributed by atoms with Crippen LogP contribution in [0.15, 0.2) is 71.1 Å². The molecule has 1 aromatic heterocycles. The highest BCUT2D eigenvalue weighted by Gasteiger charge is 2.10. The Bertz CT molecular complexity index is 824. The zero-order chi connectivity index (χ0) is 16.9. The van der Waals surface area contributed by atoms with E-state index in [-0.39, 0.29) is 11.6 Å². The Kier molecular flexibility index (Phi) is 4.77. The van der Waals surface area contributed by atoms with Crippen LogP contribution in [0.5, 0.6) is 0 Å². The maximum atomic E-state index is 11.1. The Morgan fingerprint density at radius 1 is 1.08 bits per heavy atom. The van der Waals surface area contributed by atoms with E-state index < -0.39 is 5.97 Å². The second-order valence-corrected chi connectivity index (χ2v) is 5.67. The maximum absolute atomic E-state index is 11.1. The van der Waals surface area contributed by atoms with Crippen molar-refractivity contribution in [2.75, 3.05) is 0 Å². The van der Waals surface area contributed by atoms with Gasteiger partial charge in [-0.3, -0.25) is 0 Å². The number of carbonyl (C=O) groups is 1. The summed E-state index contributed by atoms with van der Waals surface area (Å²) in [5.41, 5.74) is 2.23. The maximum Gasteiger partial charge on any atom is 0.335 e. The highest BCUT2D eigenvalue weighted by Crippen LogP contribution is 2.23. The Morgan fingerprint density at radius 2 is 1.88 bits per heavy atom. The highest BCUT2D eigenvalue weighted by atomic mass is 16.4. The van der Waals surface area contributed by atoms with Crippen LogP contribution in [0, 0.1) is 0 Å². The van der Waals surface area contributed by atoms with Crippen molar-refractivity contribution in [2.24, 2.45) is 0 Å². The summed E-state index contributed by atoms with van der Waals surface area (Å²) in [6, 6.07) is 21.0. The fourth-order valence-corrected chi connectivity index (χ4v) is 2.55. The highest BCUT2D eigenvalue weighted by molar-refractivity contribution is 5.89. The molecule has 0 saturated heterocycles. The Morgan fingerprint density at radius 3 is 2.62 bits per heavy atom. The van der Waals surface area contributed by atoms with Crippen molar-refractivity contribution in [1.29, 1.82) is 0 Å². The van der Waals surface area contributed by atoms with Gasteiger partial charge in [0.05, 0.1) is 12.1 Å². The molecule has 2 aromatic carbocycles. The van der Waals surface area contributed by atoms with Gasteiger partial charge >= 0.3 is 5.97 Å². The third-order valence-electron chi connectivity index (χ3n) is 3.94. The zero-order valence-corrected chi connectivity index (χ0v) is 13.4. The van der Waals surface area contributed by atoms with Gasteiger partial charge in [-0.2, -0.15) is 0 Å². The van der Waals surface area contributed by atoms with Crippen molar-refractivity contribution >= 4 is 5.97 Å². The molecule has 0 aliphatic rings. The minimum Gasteiger partial charge on any atom is -0.478 e. The zero-order valence-electron chi connectivity index (χ0n) is 13.4. The van der Waals surface area contributed by atoms with E-state index in [1.165, 1.54) is 5.56 Å². The summed E-state index contributed by atoms with van der Waals surface area (Å²) < 4.78 is 5.84. The minimum atomic E-state index is -0.943. The van der Waals surface area contributed by atoms with E-state index in [0.717, 1.165) is 11.3 Å². The Balaban J connectivity index is 1.68. The molecule has 24 heavy (non-hydrogen) atoms. The number of carboxylic acids is 1. The van der Waals surface area contributed by atoms with E-state index in [2.05, 4.69) is 24.4 Å². The summed E-state index contributed by atoms with van der Waals surface area (Å²) in [6.07, 6.45) is 0. The van der Waals surface area contributed by atoms with E-state index in [9.17, 15) is 4.79 Å². The van der Waals surface area contributed by atoms with Crippen LogP contribution in [0.1, 0.15) is 34.6 Å². The number of aromatic carboxylic acids is 1. The van der Waals surface area contributed by atoms with E-state index >= 15 is 0 Å². The average Bonchev–Trinajstić information content (AvgIpc) is 3.09. The molecule has 2 N–H and O–H groups in total. The van der Waals surface area contributed by atoms with Crippen molar-refractivity contribution in [3.05, 3.63) is 83.6 Å². The fourth-order valence-electron chi connectivity index (χ4n) is 2.55. The van der Waals surface area contributed by atoms with Crippen molar-refractivity contribution in [3.8, 4) is 11.3 Å². The quantitative estimate of drug-likeness (QED) is 0.702. The molecule has 0 radical (unpaired) electrons. The van der Waals surface area contributed by atoms with Crippen LogP contribution in [0.25, 0.3) is 11.3 Å². The predicted molar refractivity (Wildman–Crippen MR) is 92.8 cm³/mol. The number of benzene rings is 2. The van der Waals surface area contributed by atoms with E-state index in [1.807, 2.05) is 36.4 Å². The standard InChI is InChI=1S/C20H19NO3/c1-14(15-6-3-2-4-7-15)21-13-18-10-11-19(24-18)16-8-5-9-17(12-16)20(22)23/h2-12,14,21H,13H2,1H3,(H,22,23). The lowest BCUT2D eigenvalue weighted by molar-refractivity contribution is 0.0697. The van der Waals surface area contributed by atoms with Crippen LogP contribution in [0.4, 0.5) is 0 Å². The second-order valence-electron chi connectivity index (χ2n) is 5.67. The molecule has 1 atom stereocenters. The first kappa shape index (κ1) is 16.0. The van der Waals surface area contributed by atoms with E-state index in [0.29, 0.717) is 12.3 Å². The number of hydrogen-bond donors (Lipinski definition) is 2. The molecule has 0 saturated carbocycles. The minimum absolute atomic E-state index is 0.218. The fraction of sp³-hybridized carbons (Fsp3) is 0.150. The van der Waals surface area contributed by atoms with Crippen molar-refractivity contribution in [2.45, 2.75) is 19.5 Å². The van der Waals surface area contributed by atoms with Gasteiger partial charge in [-0.25, -0.2) is 4.79 Å². The molecule has 1 unspecified atom stereocenters. The van der Waals surface area contributed by atoms with Crippen molar-refractivity contribution in [1.82, 2.24) is 5.32 Å². The molecule has 0 amide bonds. The van der Waals surface area contributed by atoms with Crippen LogP contribution < -0.4 is 5.32 Å². The summed E-state index contributed by atoms with van der Waals surface area (Å²) in [5, 5.41) is 12.5. The molecule has 4 nitrogen and oxygen atoms in total. The third-order valence-corrected chi connectivity index (χ3v) is 3.94. The SMILES string of the molecule is CC(NCc1ccc(-c2cccc(C(=O)O)c2)o1)c1ccccc1. The van der Waals surface area contributed by atoms with Crippen LogP contribution in [-0.2, 0) is 6.54 Å². The van der Waals surface area contributed by atoms with Gasteiger partial charge in [0, 0.05) is 11.6 Å². The molecule has 3 rings (SSSR count). The van der Waals surface area contributed by atoms with Crippen LogP contribution in [0.3, 0.4) is 0 Å². The van der Waals surface area contributed by atoms with Gasteiger partial charge in [0.15, 0.2) is 0 Å². The number of rotatable bonds is 6. The lowest BCUT2D eigenvalue weighted by Gasteiger charge is -2.12. The number of hydrogen-bond acceptors (Lipinski definition) is 3. The summed E-state index contributed by atoms with van der Waals surface area (Å²) in [4.78, 5) is 11.1. The Labute approximate surface area is 140 Å². The lowest BCUT2D eigenvalue weighted by atomic mass is 10.1. The molecule has 0 fully saturated rings. The first-order chi connectivity index (χ1) is 11.6. The van der Waals surface area contributed by atoms with Gasteiger partial charge in [0.1, 0.15) is 11.5 Å². The molecule has 0 aliphatic heterocycles. The van der Waals surface area contributed by atoms with Crippen molar-refractivity contribution < 1.29 is 14.3 Å². The molecule has 1 heterocycles. The predicted octanol–water partition coefficient (Wildman–Crippen LogP) is 4.50. The Hall–Kier alpha value is -2.85. The number of carboxylic acid groups (broad SMARTS) is 1. The summed E-state index contributed by atoms with van der Waals surface area (Å²) in [6.45, 7) is 2.71. The molecule has 3 aromatic rings. The molecule has 0 bridgehead atoms. The second kappa shape index (κ2) is 7.15. The molecule has 4 heteroatoms. The van der Waals surface area contributed by atoms with Crippen LogP contribution >= 0.6 is 0 Å². The average molecular weight is 321 g/mol. The van der Waals surface area contributed by atoms with Crippen molar-refractivity contribution in [3.63, 3.8) is 0 Å². The summed E-state index contributed by atoms with van der Waals surface area (Å²) >= 11 is 0. The molecular weight excluding hydrogens is 302 g/mol. The molecule has 0 aliphatic carbocycles. The molecule has 122 valence electrons. The largest absolute Gasteiger partial charge is 0.478 e. The van der Waals surface area contributed by atoms with Gasteiger partial charge in [-0.05, 0) is 36.8 Å². The smallest absolute Gasteiger partial charge is 0.335 e. The van der Waals surface area contributed by atoms with E-state index in [4.69, 9.17) is 9.52 Å². The number of furan rings is 1. The van der Waals surface area contributed by atoms with Gasteiger partial charge in [0.25, 0.3) is 0 Å².